The number of hydrogen-bond donors (Lipinski definition) is 2. The number of aldehydes is 1. The van der Waals surface area contributed by atoms with Crippen LogP contribution in [0.5, 0.6) is 0 Å². The largest absolute Gasteiger partial charge is 0.374 e. The fourth-order valence-corrected chi connectivity index (χ4v) is 1.46. The van der Waals surface area contributed by atoms with Gasteiger partial charge < -0.3 is 15.2 Å². The van der Waals surface area contributed by atoms with Gasteiger partial charge in [0.25, 0.3) is 0 Å². The van der Waals surface area contributed by atoms with Crippen molar-refractivity contribution in [1.82, 2.24) is 0 Å². The second-order valence-electron chi connectivity index (χ2n) is 3.89. The fourth-order valence-electron chi connectivity index (χ4n) is 1.46. The van der Waals surface area contributed by atoms with Gasteiger partial charge in [0.2, 0.25) is 0 Å². The number of ketones is 1. The highest BCUT2D eigenvalue weighted by Gasteiger charge is 2.04. The Bertz CT molecular complexity index is 373. The molecule has 1 aromatic rings. The van der Waals surface area contributed by atoms with E-state index in [1.807, 2.05) is 0 Å². The minimum absolute atomic E-state index is 0.0167. The summed E-state index contributed by atoms with van der Waals surface area (Å²) in [6.07, 6.45) is 1.81. The lowest BCUT2D eigenvalue weighted by molar-refractivity contribution is -0.108. The lowest BCUT2D eigenvalue weighted by Crippen LogP contribution is -2.18. The van der Waals surface area contributed by atoms with Crippen molar-refractivity contribution in [3.05, 3.63) is 29.8 Å². The molecule has 0 fully saturated rings. The van der Waals surface area contributed by atoms with Crippen molar-refractivity contribution >= 4 is 17.8 Å². The van der Waals surface area contributed by atoms with Gasteiger partial charge in [0, 0.05) is 17.7 Å². The minimum atomic E-state index is -0.668. The number of aliphatic hydroxyl groups excluding tert-OH is 1. The second kappa shape index (κ2) is 6.81. The average molecular weight is 235 g/mol. The molecule has 1 rings (SSSR count). The molecule has 0 heterocycles. The Morgan fingerprint density at radius 2 is 2.06 bits per heavy atom. The first-order valence-electron chi connectivity index (χ1n) is 5.62. The number of nitrogens with one attached hydrogen (secondary N) is 1. The lowest BCUT2D eigenvalue weighted by atomic mass is 10.1. The molecule has 0 saturated carbocycles. The Balaban J connectivity index is 2.45. The Labute approximate surface area is 101 Å². The van der Waals surface area contributed by atoms with Gasteiger partial charge >= 0.3 is 0 Å². The molecule has 1 atom stereocenters. The highest BCUT2D eigenvalue weighted by molar-refractivity contribution is 5.94. The zero-order chi connectivity index (χ0) is 12.7. The number of Topliss-reactive ketones (excluding diaryl/α,β-unsaturated/α-hetero) is 1. The summed E-state index contributed by atoms with van der Waals surface area (Å²) in [5.74, 6) is 0.0167. The van der Waals surface area contributed by atoms with E-state index in [-0.39, 0.29) is 5.78 Å². The number of aliphatic hydroxyl groups is 1. The van der Waals surface area contributed by atoms with Crippen molar-refractivity contribution in [3.63, 3.8) is 0 Å². The Morgan fingerprint density at radius 3 is 2.59 bits per heavy atom. The van der Waals surface area contributed by atoms with Crippen LogP contribution in [0.15, 0.2) is 24.3 Å². The molecule has 92 valence electrons. The molecule has 0 bridgehead atoms. The highest BCUT2D eigenvalue weighted by atomic mass is 16.3. The van der Waals surface area contributed by atoms with Crippen LogP contribution in [-0.2, 0) is 4.79 Å². The number of hydrogen-bond acceptors (Lipinski definition) is 4. The molecule has 0 radical (unpaired) electrons. The van der Waals surface area contributed by atoms with Gasteiger partial charge in [-0.2, -0.15) is 0 Å². The summed E-state index contributed by atoms with van der Waals surface area (Å²) in [6.45, 7) is 1.51. The summed E-state index contributed by atoms with van der Waals surface area (Å²) in [5, 5.41) is 12.5. The van der Waals surface area contributed by atoms with Crippen molar-refractivity contribution < 1.29 is 14.7 Å². The van der Waals surface area contributed by atoms with Crippen LogP contribution in [0, 0.1) is 0 Å². The molecule has 4 heteroatoms. The van der Waals surface area contributed by atoms with E-state index < -0.39 is 6.23 Å². The normalized spacial score (nSPS) is 11.9. The predicted molar refractivity (Wildman–Crippen MR) is 66.0 cm³/mol. The summed E-state index contributed by atoms with van der Waals surface area (Å²) in [5.41, 5.74) is 1.40. The zero-order valence-electron chi connectivity index (χ0n) is 9.85. The third-order valence-electron chi connectivity index (χ3n) is 2.42. The Hall–Kier alpha value is -1.68. The first kappa shape index (κ1) is 13.4. The van der Waals surface area contributed by atoms with E-state index in [4.69, 9.17) is 0 Å². The molecule has 0 aromatic heterocycles. The Kier molecular flexibility index (Phi) is 5.36. The van der Waals surface area contributed by atoms with E-state index in [0.29, 0.717) is 24.8 Å². The Morgan fingerprint density at radius 1 is 1.41 bits per heavy atom. The van der Waals surface area contributed by atoms with Crippen LogP contribution in [-0.4, -0.2) is 23.4 Å². The molecule has 0 saturated heterocycles. The van der Waals surface area contributed by atoms with E-state index in [1.165, 1.54) is 6.92 Å². The molecule has 1 unspecified atom stereocenters. The van der Waals surface area contributed by atoms with Crippen LogP contribution >= 0.6 is 0 Å². The molecule has 2 N–H and O–H groups in total. The monoisotopic (exact) mass is 235 g/mol. The van der Waals surface area contributed by atoms with Gasteiger partial charge in [-0.1, -0.05) is 0 Å². The smallest absolute Gasteiger partial charge is 0.159 e. The van der Waals surface area contributed by atoms with E-state index >= 15 is 0 Å². The summed E-state index contributed by atoms with van der Waals surface area (Å²) < 4.78 is 0. The second-order valence-corrected chi connectivity index (χ2v) is 3.89. The zero-order valence-corrected chi connectivity index (χ0v) is 9.85. The highest BCUT2D eigenvalue weighted by Crippen LogP contribution is 2.12. The molecule has 0 aliphatic heterocycles. The molecule has 0 amide bonds. The van der Waals surface area contributed by atoms with E-state index in [2.05, 4.69) is 5.32 Å². The van der Waals surface area contributed by atoms with Crippen LogP contribution in [0.2, 0.25) is 0 Å². The van der Waals surface area contributed by atoms with Gasteiger partial charge in [-0.15, -0.1) is 0 Å². The number of carbonyl (C=O) groups is 2. The number of anilines is 1. The van der Waals surface area contributed by atoms with Crippen LogP contribution in [0.1, 0.15) is 36.5 Å². The molecule has 0 spiro atoms. The van der Waals surface area contributed by atoms with E-state index in [0.717, 1.165) is 12.0 Å². The summed E-state index contributed by atoms with van der Waals surface area (Å²) in [6, 6.07) is 6.92. The van der Waals surface area contributed by atoms with E-state index in [9.17, 15) is 14.7 Å². The summed E-state index contributed by atoms with van der Waals surface area (Å²) in [7, 11) is 0. The topological polar surface area (TPSA) is 66.4 Å². The van der Waals surface area contributed by atoms with Crippen molar-refractivity contribution in [2.24, 2.45) is 0 Å². The van der Waals surface area contributed by atoms with Gasteiger partial charge in [-0.3, -0.25) is 4.79 Å². The van der Waals surface area contributed by atoms with Gasteiger partial charge in [-0.25, -0.2) is 0 Å². The maximum atomic E-state index is 11.1. The van der Waals surface area contributed by atoms with Gasteiger partial charge in [-0.05, 0) is 44.0 Å². The molecule has 17 heavy (non-hydrogen) atoms. The summed E-state index contributed by atoms with van der Waals surface area (Å²) in [4.78, 5) is 21.2. The number of rotatable bonds is 7. The van der Waals surface area contributed by atoms with Gasteiger partial charge in [0.05, 0.1) is 0 Å². The van der Waals surface area contributed by atoms with E-state index in [1.54, 1.807) is 24.3 Å². The molecule has 0 aliphatic rings. The number of carbonyl (C=O) groups excluding carboxylic acids is 2. The number of benzene rings is 1. The molecule has 1 aromatic carbocycles. The van der Waals surface area contributed by atoms with Crippen LogP contribution in [0.3, 0.4) is 0 Å². The maximum absolute atomic E-state index is 11.1. The first-order chi connectivity index (χ1) is 8.13. The predicted octanol–water partition coefficient (Wildman–Crippen LogP) is 1.99. The van der Waals surface area contributed by atoms with Crippen molar-refractivity contribution in [2.75, 3.05) is 5.32 Å². The standard InChI is InChI=1S/C13H17NO3/c1-10(16)11-5-7-12(8-6-11)14-13(17)4-2-3-9-15/h5-9,13-14,17H,2-4H2,1H3. The van der Waals surface area contributed by atoms with Crippen LogP contribution < -0.4 is 5.32 Å². The third-order valence-corrected chi connectivity index (χ3v) is 2.42. The van der Waals surface area contributed by atoms with Crippen molar-refractivity contribution in [3.8, 4) is 0 Å². The van der Waals surface area contributed by atoms with Crippen molar-refractivity contribution in [2.45, 2.75) is 32.4 Å². The third kappa shape index (κ3) is 4.78. The first-order valence-corrected chi connectivity index (χ1v) is 5.62. The molecule has 4 nitrogen and oxygen atoms in total. The maximum Gasteiger partial charge on any atom is 0.159 e. The molecular formula is C13H17NO3. The molecular weight excluding hydrogens is 218 g/mol. The minimum Gasteiger partial charge on any atom is -0.374 e. The lowest BCUT2D eigenvalue weighted by Gasteiger charge is -2.13. The van der Waals surface area contributed by atoms with Crippen LogP contribution in [0.4, 0.5) is 5.69 Å². The number of unbranched alkanes of at least 4 members (excludes halogenated alkanes) is 1. The quantitative estimate of drug-likeness (QED) is 0.328. The van der Waals surface area contributed by atoms with Crippen molar-refractivity contribution in [1.29, 1.82) is 0 Å². The van der Waals surface area contributed by atoms with Gasteiger partial charge in [0.15, 0.2) is 5.78 Å². The van der Waals surface area contributed by atoms with Crippen LogP contribution in [0.25, 0.3) is 0 Å². The SMILES string of the molecule is CC(=O)c1ccc(NC(O)CCCC=O)cc1. The molecule has 0 aliphatic carbocycles. The average Bonchev–Trinajstić information content (AvgIpc) is 2.30. The van der Waals surface area contributed by atoms with Gasteiger partial charge in [0.1, 0.15) is 12.5 Å². The summed E-state index contributed by atoms with van der Waals surface area (Å²) >= 11 is 0. The fraction of sp³-hybridized carbons (Fsp3) is 0.385.